The highest BCUT2D eigenvalue weighted by Gasteiger charge is 2.48. The molecule has 0 saturated heterocycles. The number of rotatable bonds is 2. The average molecular weight is 415 g/mol. The van der Waals surface area contributed by atoms with Crippen LogP contribution >= 0.6 is 0 Å². The first-order valence-corrected chi connectivity index (χ1v) is 11.8. The lowest BCUT2D eigenvalue weighted by atomic mass is 9.81. The van der Waals surface area contributed by atoms with Crippen molar-refractivity contribution in [3.05, 3.63) is 95.2 Å². The molecule has 0 radical (unpaired) electrons. The van der Waals surface area contributed by atoms with Crippen molar-refractivity contribution in [3.63, 3.8) is 0 Å². The van der Waals surface area contributed by atoms with Crippen LogP contribution in [0.25, 0.3) is 10.9 Å². The molecule has 0 saturated carbocycles. The highest BCUT2D eigenvalue weighted by molar-refractivity contribution is 7.92. The number of hydrogen-bond donors (Lipinski definition) is 1. The van der Waals surface area contributed by atoms with Crippen molar-refractivity contribution >= 4 is 26.6 Å². The van der Waals surface area contributed by atoms with E-state index in [0.717, 1.165) is 40.9 Å². The van der Waals surface area contributed by atoms with Gasteiger partial charge in [0.2, 0.25) is 0 Å². The lowest BCUT2D eigenvalue weighted by molar-refractivity contribution is 0.499. The number of nitrogens with one attached hydrogen (secondary N) is 1. The number of para-hydroxylation sites is 2. The molecule has 1 aliphatic heterocycles. The van der Waals surface area contributed by atoms with Crippen molar-refractivity contribution in [2.24, 2.45) is 0 Å². The van der Waals surface area contributed by atoms with Gasteiger partial charge in [0, 0.05) is 22.5 Å². The quantitative estimate of drug-likeness (QED) is 0.474. The molecule has 6 rings (SSSR count). The van der Waals surface area contributed by atoms with Crippen molar-refractivity contribution in [1.29, 1.82) is 0 Å². The molecule has 4 aromatic rings. The van der Waals surface area contributed by atoms with E-state index in [1.165, 1.54) is 10.9 Å². The molecule has 0 bridgehead atoms. The fourth-order valence-electron chi connectivity index (χ4n) is 5.26. The standard InChI is InChI=1S/C25H22N2O2S/c1-16-10-12-17(13-11-16)30(28,29)27-23-9-5-3-7-19(23)21-15-14-20-18-6-2-4-8-22(18)26-24(20)25(21)27/h2-13,21,25-26H,14-15H2,1H3. The summed E-state index contributed by atoms with van der Waals surface area (Å²) in [6.45, 7) is 1.97. The van der Waals surface area contributed by atoms with Crippen LogP contribution in [-0.4, -0.2) is 13.4 Å². The van der Waals surface area contributed by atoms with Crippen LogP contribution in [0.15, 0.2) is 77.7 Å². The fourth-order valence-corrected chi connectivity index (χ4v) is 6.95. The maximum absolute atomic E-state index is 13.9. The van der Waals surface area contributed by atoms with Crippen LogP contribution in [0.5, 0.6) is 0 Å². The van der Waals surface area contributed by atoms with Crippen LogP contribution in [-0.2, 0) is 16.4 Å². The number of H-pyrrole nitrogens is 1. The number of sulfonamides is 1. The van der Waals surface area contributed by atoms with Gasteiger partial charge in [0.25, 0.3) is 10.0 Å². The van der Waals surface area contributed by atoms with Crippen LogP contribution in [0, 0.1) is 6.92 Å². The van der Waals surface area contributed by atoms with Gasteiger partial charge < -0.3 is 4.98 Å². The average Bonchev–Trinajstić information content (AvgIpc) is 3.30. The summed E-state index contributed by atoms with van der Waals surface area (Å²) in [5.74, 6) is 0.155. The van der Waals surface area contributed by atoms with Crippen LogP contribution in [0.3, 0.4) is 0 Å². The molecule has 30 heavy (non-hydrogen) atoms. The minimum atomic E-state index is -3.71. The molecule has 2 heterocycles. The molecular weight excluding hydrogens is 392 g/mol. The Balaban J connectivity index is 1.60. The Morgan fingerprint density at radius 1 is 0.933 bits per heavy atom. The Kier molecular flexibility index (Phi) is 3.69. The summed E-state index contributed by atoms with van der Waals surface area (Å²) in [5.41, 5.74) is 6.35. The largest absolute Gasteiger partial charge is 0.356 e. The first-order valence-electron chi connectivity index (χ1n) is 10.4. The molecular formula is C25H22N2O2S. The van der Waals surface area contributed by atoms with Crippen molar-refractivity contribution in [2.75, 3.05) is 4.31 Å². The minimum Gasteiger partial charge on any atom is -0.356 e. The van der Waals surface area contributed by atoms with Crippen LogP contribution < -0.4 is 4.31 Å². The molecule has 0 amide bonds. The monoisotopic (exact) mass is 414 g/mol. The lowest BCUT2D eigenvalue weighted by Crippen LogP contribution is -2.35. The Labute approximate surface area is 176 Å². The van der Waals surface area contributed by atoms with E-state index in [1.807, 2.05) is 49.4 Å². The molecule has 150 valence electrons. The third-order valence-electron chi connectivity index (χ3n) is 6.63. The molecule has 1 aliphatic carbocycles. The summed E-state index contributed by atoms with van der Waals surface area (Å²) in [7, 11) is -3.71. The number of benzene rings is 3. The summed E-state index contributed by atoms with van der Waals surface area (Å²) in [4.78, 5) is 3.92. The maximum Gasteiger partial charge on any atom is 0.264 e. The Hall–Kier alpha value is -3.05. The lowest BCUT2D eigenvalue weighted by Gasteiger charge is -2.33. The second-order valence-corrected chi connectivity index (χ2v) is 10.1. The first kappa shape index (κ1) is 17.8. The molecule has 5 heteroatoms. The van der Waals surface area contributed by atoms with E-state index >= 15 is 0 Å². The zero-order valence-corrected chi connectivity index (χ0v) is 17.5. The van der Waals surface area contributed by atoms with E-state index in [2.05, 4.69) is 23.2 Å². The molecule has 3 aromatic carbocycles. The molecule has 0 fully saturated rings. The van der Waals surface area contributed by atoms with Gasteiger partial charge in [-0.2, -0.15) is 0 Å². The van der Waals surface area contributed by atoms with E-state index in [9.17, 15) is 8.42 Å². The predicted molar refractivity (Wildman–Crippen MR) is 119 cm³/mol. The summed E-state index contributed by atoms with van der Waals surface area (Å²) >= 11 is 0. The number of aromatic nitrogens is 1. The zero-order valence-electron chi connectivity index (χ0n) is 16.7. The summed E-state index contributed by atoms with van der Waals surface area (Å²) in [5, 5.41) is 1.20. The molecule has 2 unspecified atom stereocenters. The predicted octanol–water partition coefficient (Wildman–Crippen LogP) is 5.46. The van der Waals surface area contributed by atoms with Gasteiger partial charge in [0.05, 0.1) is 16.6 Å². The van der Waals surface area contributed by atoms with Gasteiger partial charge in [-0.1, -0.05) is 54.1 Å². The van der Waals surface area contributed by atoms with Crippen molar-refractivity contribution in [3.8, 4) is 0 Å². The van der Waals surface area contributed by atoms with Gasteiger partial charge in [-0.15, -0.1) is 0 Å². The summed E-state index contributed by atoms with van der Waals surface area (Å²) in [6, 6.07) is 23.2. The van der Waals surface area contributed by atoms with Crippen LogP contribution in [0.1, 0.15) is 40.8 Å². The van der Waals surface area contributed by atoms with Crippen molar-refractivity contribution < 1.29 is 8.42 Å². The Morgan fingerprint density at radius 3 is 2.50 bits per heavy atom. The normalized spacial score (nSPS) is 20.1. The number of anilines is 1. The smallest absolute Gasteiger partial charge is 0.264 e. The number of fused-ring (bicyclic) bond motifs is 7. The highest BCUT2D eigenvalue weighted by Crippen LogP contribution is 2.56. The maximum atomic E-state index is 13.9. The van der Waals surface area contributed by atoms with Gasteiger partial charge in [0.1, 0.15) is 0 Å². The number of nitrogens with zero attached hydrogens (tertiary/aromatic N) is 1. The van der Waals surface area contributed by atoms with Crippen LogP contribution in [0.4, 0.5) is 5.69 Å². The fraction of sp³-hybridized carbons (Fsp3) is 0.200. The van der Waals surface area contributed by atoms with Gasteiger partial charge in [-0.25, -0.2) is 8.42 Å². The van der Waals surface area contributed by atoms with Gasteiger partial charge in [-0.05, 0) is 55.2 Å². The second-order valence-electron chi connectivity index (χ2n) is 8.33. The molecule has 1 N–H and O–H groups in total. The molecule has 0 spiro atoms. The minimum absolute atomic E-state index is 0.155. The Morgan fingerprint density at radius 2 is 1.67 bits per heavy atom. The van der Waals surface area contributed by atoms with Crippen molar-refractivity contribution in [2.45, 2.75) is 36.6 Å². The first-order chi connectivity index (χ1) is 14.6. The topological polar surface area (TPSA) is 53.2 Å². The highest BCUT2D eigenvalue weighted by atomic mass is 32.2. The SMILES string of the molecule is Cc1ccc(S(=O)(=O)N2c3ccccc3C3CCc4c([nH]c5ccccc45)C32)cc1. The second kappa shape index (κ2) is 6.22. The summed E-state index contributed by atoms with van der Waals surface area (Å²) < 4.78 is 29.5. The number of aromatic amines is 1. The van der Waals surface area contributed by atoms with E-state index in [0.29, 0.717) is 4.90 Å². The molecule has 1 aromatic heterocycles. The van der Waals surface area contributed by atoms with E-state index in [-0.39, 0.29) is 12.0 Å². The van der Waals surface area contributed by atoms with E-state index in [4.69, 9.17) is 0 Å². The molecule has 4 nitrogen and oxygen atoms in total. The third-order valence-corrected chi connectivity index (χ3v) is 8.44. The van der Waals surface area contributed by atoms with Gasteiger partial charge in [0.15, 0.2) is 0 Å². The third kappa shape index (κ3) is 2.36. The molecule has 2 atom stereocenters. The number of aryl methyl sites for hydroxylation is 2. The van der Waals surface area contributed by atoms with E-state index in [1.54, 1.807) is 16.4 Å². The van der Waals surface area contributed by atoms with Gasteiger partial charge >= 0.3 is 0 Å². The van der Waals surface area contributed by atoms with Crippen LogP contribution in [0.2, 0.25) is 0 Å². The van der Waals surface area contributed by atoms with Crippen molar-refractivity contribution in [1.82, 2.24) is 4.98 Å². The Bertz CT molecular complexity index is 1390. The van der Waals surface area contributed by atoms with E-state index < -0.39 is 10.0 Å². The summed E-state index contributed by atoms with van der Waals surface area (Å²) in [6.07, 6.45) is 1.89. The molecule has 2 aliphatic rings. The number of hydrogen-bond acceptors (Lipinski definition) is 2. The zero-order chi connectivity index (χ0) is 20.5. The van der Waals surface area contributed by atoms with Gasteiger partial charge in [-0.3, -0.25) is 4.31 Å².